The fourth-order valence-corrected chi connectivity index (χ4v) is 2.35. The van der Waals surface area contributed by atoms with Gasteiger partial charge in [-0.3, -0.25) is 4.79 Å². The molecule has 0 radical (unpaired) electrons. The van der Waals surface area contributed by atoms with Crippen LogP contribution in [0.5, 0.6) is 0 Å². The number of nitrogens with zero attached hydrogens (tertiary/aromatic N) is 4. The van der Waals surface area contributed by atoms with Crippen molar-refractivity contribution in [1.29, 1.82) is 0 Å². The Bertz CT molecular complexity index is 699. The van der Waals surface area contributed by atoms with E-state index in [-0.39, 0.29) is 11.6 Å². The van der Waals surface area contributed by atoms with Gasteiger partial charge in [-0.1, -0.05) is 17.2 Å². The Morgan fingerprint density at radius 1 is 1.13 bits per heavy atom. The van der Waals surface area contributed by atoms with Crippen LogP contribution in [-0.2, 0) is 0 Å². The summed E-state index contributed by atoms with van der Waals surface area (Å²) in [6.07, 6.45) is -2.82. The lowest BCUT2D eigenvalue weighted by Crippen LogP contribution is -2.49. The molecule has 1 saturated heterocycles. The summed E-state index contributed by atoms with van der Waals surface area (Å²) in [6, 6.07) is 5.76. The molecular formula is C14H13F3N4O2. The molecule has 6 nitrogen and oxygen atoms in total. The van der Waals surface area contributed by atoms with Gasteiger partial charge in [0.1, 0.15) is 5.82 Å². The number of rotatable bonds is 3. The standard InChI is InChI=1S/C14H13F3N4O2/c15-10-4-2-1-3-9(10)13(22)20-5-7-21(8-6-20)14-19-18-12(23-14)11(16)17/h1-4,11H,5-8H2. The molecule has 0 bridgehead atoms. The molecule has 1 aliphatic heterocycles. The van der Waals surface area contributed by atoms with E-state index in [9.17, 15) is 18.0 Å². The normalized spacial score (nSPS) is 15.3. The van der Waals surface area contributed by atoms with Gasteiger partial charge >= 0.3 is 12.4 Å². The number of halogens is 3. The van der Waals surface area contributed by atoms with Crippen molar-refractivity contribution in [2.75, 3.05) is 31.1 Å². The van der Waals surface area contributed by atoms with E-state index in [4.69, 9.17) is 4.42 Å². The summed E-state index contributed by atoms with van der Waals surface area (Å²) in [5, 5.41) is 6.83. The van der Waals surface area contributed by atoms with E-state index < -0.39 is 24.0 Å². The first-order valence-corrected chi connectivity index (χ1v) is 6.96. The predicted octanol–water partition coefficient (Wildman–Crippen LogP) is 2.11. The van der Waals surface area contributed by atoms with Gasteiger partial charge in [-0.15, -0.1) is 5.10 Å². The van der Waals surface area contributed by atoms with Crippen LogP contribution in [0.15, 0.2) is 28.7 Å². The minimum atomic E-state index is -2.82. The lowest BCUT2D eigenvalue weighted by Gasteiger charge is -2.33. The summed E-state index contributed by atoms with van der Waals surface area (Å²) in [5.74, 6) is -1.70. The fraction of sp³-hybridized carbons (Fsp3) is 0.357. The molecular weight excluding hydrogens is 313 g/mol. The van der Waals surface area contributed by atoms with Crippen LogP contribution >= 0.6 is 0 Å². The molecule has 0 atom stereocenters. The van der Waals surface area contributed by atoms with Crippen molar-refractivity contribution in [1.82, 2.24) is 15.1 Å². The molecule has 0 aliphatic carbocycles. The number of anilines is 1. The van der Waals surface area contributed by atoms with Crippen LogP contribution in [0, 0.1) is 5.82 Å². The Balaban J connectivity index is 1.64. The van der Waals surface area contributed by atoms with Gasteiger partial charge in [0.2, 0.25) is 0 Å². The highest BCUT2D eigenvalue weighted by molar-refractivity contribution is 5.94. The molecule has 1 aromatic carbocycles. The first-order chi connectivity index (χ1) is 11.1. The van der Waals surface area contributed by atoms with E-state index in [1.54, 1.807) is 11.0 Å². The van der Waals surface area contributed by atoms with Gasteiger partial charge in [0, 0.05) is 26.2 Å². The van der Waals surface area contributed by atoms with Crippen LogP contribution in [0.2, 0.25) is 0 Å². The second kappa shape index (κ2) is 6.27. The first-order valence-electron chi connectivity index (χ1n) is 6.96. The van der Waals surface area contributed by atoms with Crippen molar-refractivity contribution in [3.05, 3.63) is 41.5 Å². The van der Waals surface area contributed by atoms with Crippen molar-refractivity contribution in [2.45, 2.75) is 6.43 Å². The van der Waals surface area contributed by atoms with Crippen LogP contribution in [-0.4, -0.2) is 47.2 Å². The zero-order valence-electron chi connectivity index (χ0n) is 12.0. The molecule has 3 rings (SSSR count). The maximum atomic E-state index is 13.7. The number of hydrogen-bond acceptors (Lipinski definition) is 5. The summed E-state index contributed by atoms with van der Waals surface area (Å²) < 4.78 is 43.4. The Labute approximate surface area is 129 Å². The van der Waals surface area contributed by atoms with E-state index >= 15 is 0 Å². The summed E-state index contributed by atoms with van der Waals surface area (Å²) in [7, 11) is 0. The van der Waals surface area contributed by atoms with E-state index in [1.165, 1.54) is 23.1 Å². The highest BCUT2D eigenvalue weighted by atomic mass is 19.3. The zero-order valence-corrected chi connectivity index (χ0v) is 12.0. The van der Waals surface area contributed by atoms with Crippen LogP contribution in [0.3, 0.4) is 0 Å². The minimum absolute atomic E-state index is 0.00158. The highest BCUT2D eigenvalue weighted by Crippen LogP contribution is 2.22. The molecule has 0 unspecified atom stereocenters. The summed E-state index contributed by atoms with van der Waals surface area (Å²) in [5.41, 5.74) is 0.0127. The predicted molar refractivity (Wildman–Crippen MR) is 73.8 cm³/mol. The zero-order chi connectivity index (χ0) is 16.4. The average Bonchev–Trinajstić information content (AvgIpc) is 3.05. The summed E-state index contributed by atoms with van der Waals surface area (Å²) in [6.45, 7) is 1.29. The lowest BCUT2D eigenvalue weighted by molar-refractivity contribution is 0.0739. The highest BCUT2D eigenvalue weighted by Gasteiger charge is 2.27. The third-order valence-corrected chi connectivity index (χ3v) is 3.56. The van der Waals surface area contributed by atoms with Gasteiger partial charge in [0.25, 0.3) is 11.8 Å². The summed E-state index contributed by atoms with van der Waals surface area (Å²) in [4.78, 5) is 15.4. The second-order valence-corrected chi connectivity index (χ2v) is 4.98. The van der Waals surface area contributed by atoms with Crippen molar-refractivity contribution in [2.24, 2.45) is 0 Å². The molecule has 23 heavy (non-hydrogen) atoms. The van der Waals surface area contributed by atoms with Gasteiger partial charge < -0.3 is 14.2 Å². The van der Waals surface area contributed by atoms with E-state index in [0.717, 1.165) is 0 Å². The molecule has 0 N–H and O–H groups in total. The third-order valence-electron chi connectivity index (χ3n) is 3.56. The Morgan fingerprint density at radius 3 is 2.43 bits per heavy atom. The van der Waals surface area contributed by atoms with Gasteiger partial charge in [-0.25, -0.2) is 4.39 Å². The number of carbonyl (C=O) groups excluding carboxylic acids is 1. The topological polar surface area (TPSA) is 62.5 Å². The van der Waals surface area contributed by atoms with Crippen LogP contribution in [0.25, 0.3) is 0 Å². The average molecular weight is 326 g/mol. The lowest BCUT2D eigenvalue weighted by atomic mass is 10.1. The Morgan fingerprint density at radius 2 is 1.83 bits per heavy atom. The van der Waals surface area contributed by atoms with Gasteiger partial charge in [0.15, 0.2) is 0 Å². The Hall–Kier alpha value is -2.58. The van der Waals surface area contributed by atoms with E-state index in [0.29, 0.717) is 26.2 Å². The van der Waals surface area contributed by atoms with E-state index in [1.807, 2.05) is 0 Å². The van der Waals surface area contributed by atoms with E-state index in [2.05, 4.69) is 10.2 Å². The van der Waals surface area contributed by atoms with Gasteiger partial charge in [-0.05, 0) is 12.1 Å². The molecule has 1 amide bonds. The number of aromatic nitrogens is 2. The maximum Gasteiger partial charge on any atom is 0.318 e. The molecule has 1 fully saturated rings. The molecule has 9 heteroatoms. The number of piperazine rings is 1. The van der Waals surface area contributed by atoms with Crippen LogP contribution in [0.1, 0.15) is 22.7 Å². The third kappa shape index (κ3) is 3.13. The monoisotopic (exact) mass is 326 g/mol. The Kier molecular flexibility index (Phi) is 4.18. The van der Waals surface area contributed by atoms with Crippen LogP contribution in [0.4, 0.5) is 19.2 Å². The molecule has 0 saturated carbocycles. The number of alkyl halides is 2. The number of hydrogen-bond donors (Lipinski definition) is 0. The number of amides is 1. The minimum Gasteiger partial charge on any atom is -0.402 e. The SMILES string of the molecule is O=C(c1ccccc1F)N1CCN(c2nnc(C(F)F)o2)CC1. The summed E-state index contributed by atoms with van der Waals surface area (Å²) >= 11 is 0. The van der Waals surface area contributed by atoms with Crippen molar-refractivity contribution >= 4 is 11.9 Å². The van der Waals surface area contributed by atoms with Crippen molar-refractivity contribution in [3.8, 4) is 0 Å². The molecule has 1 aliphatic rings. The van der Waals surface area contributed by atoms with Crippen molar-refractivity contribution in [3.63, 3.8) is 0 Å². The quantitative estimate of drug-likeness (QED) is 0.864. The van der Waals surface area contributed by atoms with Gasteiger partial charge in [0.05, 0.1) is 5.56 Å². The second-order valence-electron chi connectivity index (χ2n) is 4.98. The molecule has 122 valence electrons. The van der Waals surface area contributed by atoms with Gasteiger partial charge in [-0.2, -0.15) is 8.78 Å². The first kappa shape index (κ1) is 15.3. The molecule has 2 aromatic rings. The van der Waals surface area contributed by atoms with Crippen LogP contribution < -0.4 is 4.90 Å². The maximum absolute atomic E-state index is 13.7. The molecule has 2 heterocycles. The smallest absolute Gasteiger partial charge is 0.318 e. The van der Waals surface area contributed by atoms with Crippen molar-refractivity contribution < 1.29 is 22.4 Å². The molecule has 1 aromatic heterocycles. The largest absolute Gasteiger partial charge is 0.402 e. The number of carbonyl (C=O) groups is 1. The number of benzene rings is 1. The molecule has 0 spiro atoms. The fourth-order valence-electron chi connectivity index (χ4n) is 2.35.